The minimum atomic E-state index is -0.576. The molecule has 1 saturated heterocycles. The quantitative estimate of drug-likeness (QED) is 0.122. The van der Waals surface area contributed by atoms with Gasteiger partial charge in [0.1, 0.15) is 6.33 Å². The number of carbonyl (C=O) groups excluding carboxylic acids is 2. The Kier molecular flexibility index (Phi) is 11.2. The number of ether oxygens (including phenoxy) is 2. The van der Waals surface area contributed by atoms with Gasteiger partial charge in [0.05, 0.1) is 30.2 Å². The molecule has 0 aliphatic carbocycles. The summed E-state index contributed by atoms with van der Waals surface area (Å²) in [5.41, 5.74) is 10.6. The second-order valence-corrected chi connectivity index (χ2v) is 11.9. The molecule has 1 aliphatic rings. The van der Waals surface area contributed by atoms with Crippen molar-refractivity contribution in [1.82, 2.24) is 20.1 Å². The molecule has 0 bridgehead atoms. The normalized spacial score (nSPS) is 18.0. The predicted octanol–water partition coefficient (Wildman–Crippen LogP) is 4.65. The van der Waals surface area contributed by atoms with Crippen molar-refractivity contribution < 1.29 is 24.2 Å². The molecule has 1 aliphatic heterocycles. The van der Waals surface area contributed by atoms with Crippen LogP contribution in [-0.4, -0.2) is 43.5 Å². The lowest BCUT2D eigenvalue weighted by molar-refractivity contribution is -0.245. The Hall–Kier alpha value is -4.23. The summed E-state index contributed by atoms with van der Waals surface area (Å²) in [6.07, 6.45) is 2.38. The Balaban J connectivity index is 1.13. The number of aliphatic hydroxyl groups excluding tert-OH is 1. The van der Waals surface area contributed by atoms with Crippen LogP contribution in [0.25, 0.3) is 0 Å². The molecule has 0 radical (unpaired) electrons. The largest absolute Gasteiger partial charge is 0.397 e. The van der Waals surface area contributed by atoms with Gasteiger partial charge in [-0.2, -0.15) is 0 Å². The number of anilines is 2. The molecule has 2 heterocycles. The average molecular weight is 631 g/mol. The molecule has 12 heteroatoms. The maximum atomic E-state index is 12.4. The Morgan fingerprint density at radius 2 is 1.69 bits per heavy atom. The van der Waals surface area contributed by atoms with Crippen LogP contribution in [0.3, 0.4) is 0 Å². The first-order chi connectivity index (χ1) is 21.9. The monoisotopic (exact) mass is 630 g/mol. The van der Waals surface area contributed by atoms with Gasteiger partial charge in [0.15, 0.2) is 11.4 Å². The number of para-hydroxylation sites is 2. The molecule has 3 aromatic carbocycles. The molecule has 5 N–H and O–H groups in total. The zero-order chi connectivity index (χ0) is 31.6. The SMILES string of the molecule is Cn1cnnc1SC[C@@H]1C[C@H](c2ccc(CO)cc2)O[C@H](c2ccc(CNC(=O)CCCC(=O)Nc3ccccc3N)cc2)O1. The van der Waals surface area contributed by atoms with Crippen LogP contribution in [0.15, 0.2) is 84.3 Å². The summed E-state index contributed by atoms with van der Waals surface area (Å²) in [6.45, 7) is 0.359. The smallest absolute Gasteiger partial charge is 0.224 e. The molecular weight excluding hydrogens is 592 g/mol. The Labute approximate surface area is 266 Å². The molecule has 11 nitrogen and oxygen atoms in total. The summed E-state index contributed by atoms with van der Waals surface area (Å²) in [4.78, 5) is 24.6. The van der Waals surface area contributed by atoms with Crippen LogP contribution >= 0.6 is 11.8 Å². The van der Waals surface area contributed by atoms with E-state index in [2.05, 4.69) is 20.8 Å². The van der Waals surface area contributed by atoms with Crippen molar-refractivity contribution in [2.24, 2.45) is 7.05 Å². The van der Waals surface area contributed by atoms with Crippen LogP contribution in [0.2, 0.25) is 0 Å². The van der Waals surface area contributed by atoms with Gasteiger partial charge in [0.2, 0.25) is 11.8 Å². The molecule has 2 amide bonds. The number of aliphatic hydroxyl groups is 1. The lowest BCUT2D eigenvalue weighted by Gasteiger charge is -2.36. The number of nitrogen functional groups attached to an aromatic ring is 1. The summed E-state index contributed by atoms with van der Waals surface area (Å²) < 4.78 is 14.7. The van der Waals surface area contributed by atoms with Crippen LogP contribution in [0, 0.1) is 0 Å². The highest BCUT2D eigenvalue weighted by Crippen LogP contribution is 2.39. The van der Waals surface area contributed by atoms with Gasteiger partial charge in [-0.15, -0.1) is 10.2 Å². The number of carbonyl (C=O) groups is 2. The summed E-state index contributed by atoms with van der Waals surface area (Å²) in [6, 6.07) is 22.7. The minimum Gasteiger partial charge on any atom is -0.397 e. The molecule has 0 saturated carbocycles. The molecule has 1 fully saturated rings. The number of amides is 2. The number of nitrogens with zero attached hydrogens (tertiary/aromatic N) is 3. The number of aromatic nitrogens is 3. The van der Waals surface area contributed by atoms with Crippen molar-refractivity contribution >= 4 is 35.0 Å². The van der Waals surface area contributed by atoms with E-state index in [4.69, 9.17) is 15.2 Å². The first kappa shape index (κ1) is 32.2. The van der Waals surface area contributed by atoms with Crippen molar-refractivity contribution in [2.75, 3.05) is 16.8 Å². The van der Waals surface area contributed by atoms with E-state index in [9.17, 15) is 14.7 Å². The van der Waals surface area contributed by atoms with Crippen LogP contribution in [-0.2, 0) is 39.3 Å². The van der Waals surface area contributed by atoms with Crippen molar-refractivity contribution in [1.29, 1.82) is 0 Å². The second kappa shape index (κ2) is 15.7. The van der Waals surface area contributed by atoms with Gasteiger partial charge >= 0.3 is 0 Å². The zero-order valence-corrected chi connectivity index (χ0v) is 25.9. The fourth-order valence-electron chi connectivity index (χ4n) is 4.91. The van der Waals surface area contributed by atoms with Gasteiger partial charge in [0, 0.05) is 44.2 Å². The Bertz CT molecular complexity index is 1560. The highest BCUT2D eigenvalue weighted by Gasteiger charge is 2.32. The molecule has 0 spiro atoms. The molecule has 5 rings (SSSR count). The predicted molar refractivity (Wildman–Crippen MR) is 172 cm³/mol. The van der Waals surface area contributed by atoms with Crippen LogP contribution < -0.4 is 16.4 Å². The number of aryl methyl sites for hydroxylation is 1. The molecule has 0 unspecified atom stereocenters. The third-order valence-electron chi connectivity index (χ3n) is 7.47. The maximum absolute atomic E-state index is 12.4. The standard InChI is InChI=1S/C33H38N6O5S/c1-39-21-36-38-33(39)45-20-26-17-29(24-13-11-23(19-40)12-14-24)44-32(43-26)25-15-9-22(10-16-25)18-35-30(41)7-4-8-31(42)37-28-6-3-2-5-27(28)34/h2-3,5-6,9-16,21,26,29,32,40H,4,7-8,17-20,34H2,1H3,(H,35,41)(H,37,42)/t26-,29+,32+/m0/s1. The molecule has 1 aromatic heterocycles. The van der Waals surface area contributed by atoms with E-state index in [1.165, 1.54) is 0 Å². The number of nitrogens with one attached hydrogen (secondary N) is 2. The van der Waals surface area contributed by atoms with Gasteiger partial charge in [-0.25, -0.2) is 0 Å². The van der Waals surface area contributed by atoms with Gasteiger partial charge in [-0.3, -0.25) is 9.59 Å². The third-order valence-corrected chi connectivity index (χ3v) is 8.63. The lowest BCUT2D eigenvalue weighted by atomic mass is 10.0. The second-order valence-electron chi connectivity index (χ2n) is 10.9. The molecule has 4 aromatic rings. The highest BCUT2D eigenvalue weighted by molar-refractivity contribution is 7.99. The molecule has 236 valence electrons. The highest BCUT2D eigenvalue weighted by atomic mass is 32.2. The Morgan fingerprint density at radius 3 is 2.40 bits per heavy atom. The van der Waals surface area contributed by atoms with Gasteiger partial charge in [-0.1, -0.05) is 72.4 Å². The van der Waals surface area contributed by atoms with E-state index in [1.54, 1.807) is 42.4 Å². The van der Waals surface area contributed by atoms with Crippen molar-refractivity contribution in [3.05, 3.63) is 101 Å². The van der Waals surface area contributed by atoms with Gasteiger partial charge in [0.25, 0.3) is 0 Å². The summed E-state index contributed by atoms with van der Waals surface area (Å²) >= 11 is 1.59. The van der Waals surface area contributed by atoms with Gasteiger partial charge in [-0.05, 0) is 35.2 Å². The van der Waals surface area contributed by atoms with E-state index < -0.39 is 6.29 Å². The van der Waals surface area contributed by atoms with Crippen LogP contribution in [0.1, 0.15) is 60.3 Å². The number of benzene rings is 3. The van der Waals surface area contributed by atoms with E-state index in [1.807, 2.05) is 60.1 Å². The average Bonchev–Trinajstić information content (AvgIpc) is 3.48. The van der Waals surface area contributed by atoms with E-state index in [-0.39, 0.29) is 43.5 Å². The van der Waals surface area contributed by atoms with E-state index in [0.717, 1.165) is 27.4 Å². The summed E-state index contributed by atoms with van der Waals surface area (Å²) in [7, 11) is 1.91. The fourth-order valence-corrected chi connectivity index (χ4v) is 5.81. The lowest BCUT2D eigenvalue weighted by Crippen LogP contribution is -2.31. The topological polar surface area (TPSA) is 154 Å². The molecular formula is C33H38N6O5S. The number of rotatable bonds is 13. The number of hydrogen-bond acceptors (Lipinski definition) is 9. The summed E-state index contributed by atoms with van der Waals surface area (Å²) in [5.74, 6) is 0.384. The Morgan fingerprint density at radius 1 is 0.978 bits per heavy atom. The fraction of sp³-hybridized carbons (Fsp3) is 0.333. The number of nitrogens with two attached hydrogens (primary N) is 1. The molecule has 3 atom stereocenters. The van der Waals surface area contributed by atoms with E-state index >= 15 is 0 Å². The molecule has 45 heavy (non-hydrogen) atoms. The first-order valence-corrected chi connectivity index (χ1v) is 15.8. The maximum Gasteiger partial charge on any atom is 0.224 e. The van der Waals surface area contributed by atoms with Gasteiger partial charge < -0.3 is 35.5 Å². The zero-order valence-electron chi connectivity index (χ0n) is 25.1. The van der Waals surface area contributed by atoms with Crippen molar-refractivity contribution in [3.63, 3.8) is 0 Å². The number of thioether (sulfide) groups is 1. The minimum absolute atomic E-state index is 0.0108. The van der Waals surface area contributed by atoms with Crippen molar-refractivity contribution in [3.8, 4) is 0 Å². The first-order valence-electron chi connectivity index (χ1n) is 14.8. The van der Waals surface area contributed by atoms with E-state index in [0.29, 0.717) is 36.5 Å². The summed E-state index contributed by atoms with van der Waals surface area (Å²) in [5, 5.41) is 24.1. The van der Waals surface area contributed by atoms with Crippen molar-refractivity contribution in [2.45, 2.75) is 62.5 Å². The number of hydrogen-bond donors (Lipinski definition) is 4. The van der Waals surface area contributed by atoms with Crippen LogP contribution in [0.4, 0.5) is 11.4 Å². The third kappa shape index (κ3) is 9.14. The van der Waals surface area contributed by atoms with Crippen LogP contribution in [0.5, 0.6) is 0 Å².